The van der Waals surface area contributed by atoms with Gasteiger partial charge in [0.1, 0.15) is 0 Å². The number of benzene rings is 2. The Balaban J connectivity index is 2.10. The van der Waals surface area contributed by atoms with Crippen molar-refractivity contribution in [1.82, 2.24) is 0 Å². The summed E-state index contributed by atoms with van der Waals surface area (Å²) in [6.45, 7) is 6.45. The second-order valence-electron chi connectivity index (χ2n) is 5.32. The van der Waals surface area contributed by atoms with E-state index in [1.54, 1.807) is 0 Å². The Labute approximate surface area is 116 Å². The van der Waals surface area contributed by atoms with E-state index in [4.69, 9.17) is 5.73 Å². The molecule has 2 N–H and O–H groups in total. The maximum absolute atomic E-state index is 6.32. The highest BCUT2D eigenvalue weighted by Crippen LogP contribution is 2.19. The third kappa shape index (κ3) is 3.45. The number of aryl methyl sites for hydroxylation is 3. The molecule has 0 aliphatic carbocycles. The second kappa shape index (κ2) is 6.03. The highest BCUT2D eigenvalue weighted by Gasteiger charge is 2.08. The summed E-state index contributed by atoms with van der Waals surface area (Å²) in [5.74, 6) is 0. The minimum absolute atomic E-state index is 0.0757. The van der Waals surface area contributed by atoms with Crippen LogP contribution in [0.5, 0.6) is 0 Å². The van der Waals surface area contributed by atoms with Crippen LogP contribution in [0.3, 0.4) is 0 Å². The molecule has 1 nitrogen and oxygen atoms in total. The van der Waals surface area contributed by atoms with E-state index >= 15 is 0 Å². The minimum atomic E-state index is 0.0757. The molecule has 2 aromatic carbocycles. The lowest BCUT2D eigenvalue weighted by Crippen LogP contribution is -2.13. The van der Waals surface area contributed by atoms with Gasteiger partial charge in [-0.15, -0.1) is 0 Å². The smallest absolute Gasteiger partial charge is 0.0335 e. The molecule has 2 rings (SSSR count). The number of rotatable bonds is 4. The third-order valence-corrected chi connectivity index (χ3v) is 3.85. The van der Waals surface area contributed by atoms with E-state index in [0.29, 0.717) is 0 Å². The minimum Gasteiger partial charge on any atom is -0.324 e. The molecular formula is C18H23N. The van der Waals surface area contributed by atoms with Gasteiger partial charge in [-0.3, -0.25) is 0 Å². The average molecular weight is 253 g/mol. The summed E-state index contributed by atoms with van der Waals surface area (Å²) < 4.78 is 0. The first kappa shape index (κ1) is 13.8. The van der Waals surface area contributed by atoms with E-state index in [9.17, 15) is 0 Å². The summed E-state index contributed by atoms with van der Waals surface area (Å²) in [6.07, 6.45) is 1.98. The first-order chi connectivity index (χ1) is 9.10. The Morgan fingerprint density at radius 3 is 2.11 bits per heavy atom. The maximum Gasteiger partial charge on any atom is 0.0335 e. The Hall–Kier alpha value is -1.60. The molecule has 2 aromatic rings. The molecule has 0 amide bonds. The van der Waals surface area contributed by atoms with Gasteiger partial charge in [-0.1, -0.05) is 49.4 Å². The highest BCUT2D eigenvalue weighted by molar-refractivity contribution is 5.33. The molecular weight excluding hydrogens is 230 g/mol. The van der Waals surface area contributed by atoms with Crippen LogP contribution in [-0.4, -0.2) is 0 Å². The van der Waals surface area contributed by atoms with Crippen LogP contribution in [0.15, 0.2) is 42.5 Å². The average Bonchev–Trinajstić information content (AvgIpc) is 2.42. The van der Waals surface area contributed by atoms with Gasteiger partial charge in [0.15, 0.2) is 0 Å². The van der Waals surface area contributed by atoms with E-state index in [0.717, 1.165) is 12.8 Å². The van der Waals surface area contributed by atoms with Crippen molar-refractivity contribution >= 4 is 0 Å². The molecule has 0 saturated heterocycles. The standard InChI is InChI=1S/C18H23N/c1-4-15-6-8-16(9-7-15)12-18(19)17-10-5-13(2)14(3)11-17/h5-11,18H,4,12,19H2,1-3H3. The predicted molar refractivity (Wildman–Crippen MR) is 82.4 cm³/mol. The van der Waals surface area contributed by atoms with Gasteiger partial charge in [0.25, 0.3) is 0 Å². The lowest BCUT2D eigenvalue weighted by molar-refractivity contribution is 0.720. The molecule has 0 saturated carbocycles. The van der Waals surface area contributed by atoms with Gasteiger partial charge in [-0.05, 0) is 54.5 Å². The summed E-state index contributed by atoms with van der Waals surface area (Å²) in [7, 11) is 0. The van der Waals surface area contributed by atoms with Crippen LogP contribution < -0.4 is 5.73 Å². The molecule has 0 heterocycles. The Morgan fingerprint density at radius 1 is 0.895 bits per heavy atom. The first-order valence-electron chi connectivity index (χ1n) is 7.00. The monoisotopic (exact) mass is 253 g/mol. The van der Waals surface area contributed by atoms with E-state index < -0.39 is 0 Å². The van der Waals surface area contributed by atoms with Crippen molar-refractivity contribution in [1.29, 1.82) is 0 Å². The van der Waals surface area contributed by atoms with Crippen molar-refractivity contribution in [3.8, 4) is 0 Å². The predicted octanol–water partition coefficient (Wildman–Crippen LogP) is 4.11. The van der Waals surface area contributed by atoms with Crippen molar-refractivity contribution in [3.05, 3.63) is 70.3 Å². The van der Waals surface area contributed by atoms with Crippen LogP contribution in [0.2, 0.25) is 0 Å². The molecule has 0 bridgehead atoms. The van der Waals surface area contributed by atoms with Crippen LogP contribution in [0.4, 0.5) is 0 Å². The first-order valence-corrected chi connectivity index (χ1v) is 7.00. The summed E-state index contributed by atoms with van der Waals surface area (Å²) in [6, 6.07) is 15.4. The zero-order valence-corrected chi connectivity index (χ0v) is 12.1. The van der Waals surface area contributed by atoms with Crippen molar-refractivity contribution in [2.45, 2.75) is 39.7 Å². The van der Waals surface area contributed by atoms with E-state index in [1.165, 1.54) is 27.8 Å². The van der Waals surface area contributed by atoms with Crippen LogP contribution in [0.1, 0.15) is 40.8 Å². The largest absolute Gasteiger partial charge is 0.324 e. The van der Waals surface area contributed by atoms with Crippen molar-refractivity contribution in [3.63, 3.8) is 0 Å². The summed E-state index contributed by atoms with van der Waals surface area (Å²) in [5.41, 5.74) is 12.9. The zero-order chi connectivity index (χ0) is 13.8. The van der Waals surface area contributed by atoms with Crippen molar-refractivity contribution < 1.29 is 0 Å². The van der Waals surface area contributed by atoms with Crippen LogP contribution in [-0.2, 0) is 12.8 Å². The maximum atomic E-state index is 6.32. The molecule has 1 atom stereocenters. The van der Waals surface area contributed by atoms with Crippen molar-refractivity contribution in [2.24, 2.45) is 5.73 Å². The van der Waals surface area contributed by atoms with Gasteiger partial charge in [-0.2, -0.15) is 0 Å². The lowest BCUT2D eigenvalue weighted by atomic mass is 9.96. The van der Waals surface area contributed by atoms with Crippen LogP contribution in [0, 0.1) is 13.8 Å². The molecule has 1 heteroatoms. The fourth-order valence-electron chi connectivity index (χ4n) is 2.28. The molecule has 0 aliphatic rings. The zero-order valence-electron chi connectivity index (χ0n) is 12.1. The number of hydrogen-bond donors (Lipinski definition) is 1. The normalized spacial score (nSPS) is 12.4. The Bertz CT molecular complexity index is 540. The molecule has 0 radical (unpaired) electrons. The SMILES string of the molecule is CCc1ccc(CC(N)c2ccc(C)c(C)c2)cc1. The van der Waals surface area contributed by atoms with E-state index in [-0.39, 0.29) is 6.04 Å². The van der Waals surface area contributed by atoms with E-state index in [2.05, 4.69) is 63.2 Å². The quantitative estimate of drug-likeness (QED) is 0.872. The number of nitrogens with two attached hydrogens (primary N) is 1. The molecule has 19 heavy (non-hydrogen) atoms. The molecule has 0 fully saturated rings. The Kier molecular flexibility index (Phi) is 4.39. The van der Waals surface area contributed by atoms with Gasteiger partial charge in [-0.25, -0.2) is 0 Å². The fourth-order valence-corrected chi connectivity index (χ4v) is 2.28. The van der Waals surface area contributed by atoms with Gasteiger partial charge in [0.05, 0.1) is 0 Å². The summed E-state index contributed by atoms with van der Waals surface area (Å²) in [4.78, 5) is 0. The lowest BCUT2D eigenvalue weighted by Gasteiger charge is -2.14. The third-order valence-electron chi connectivity index (χ3n) is 3.85. The number of hydrogen-bond acceptors (Lipinski definition) is 1. The highest BCUT2D eigenvalue weighted by atomic mass is 14.6. The fraction of sp³-hybridized carbons (Fsp3) is 0.333. The van der Waals surface area contributed by atoms with Gasteiger partial charge < -0.3 is 5.73 Å². The topological polar surface area (TPSA) is 26.0 Å². The summed E-state index contributed by atoms with van der Waals surface area (Å²) >= 11 is 0. The summed E-state index contributed by atoms with van der Waals surface area (Å²) in [5, 5.41) is 0. The Morgan fingerprint density at radius 2 is 1.53 bits per heavy atom. The second-order valence-corrected chi connectivity index (χ2v) is 5.32. The van der Waals surface area contributed by atoms with E-state index in [1.807, 2.05) is 0 Å². The molecule has 0 aliphatic heterocycles. The van der Waals surface area contributed by atoms with Gasteiger partial charge in [0.2, 0.25) is 0 Å². The molecule has 100 valence electrons. The van der Waals surface area contributed by atoms with Gasteiger partial charge >= 0.3 is 0 Å². The van der Waals surface area contributed by atoms with Crippen LogP contribution >= 0.6 is 0 Å². The molecule has 1 unspecified atom stereocenters. The molecule has 0 aromatic heterocycles. The van der Waals surface area contributed by atoms with Crippen LogP contribution in [0.25, 0.3) is 0 Å². The van der Waals surface area contributed by atoms with Gasteiger partial charge in [0, 0.05) is 6.04 Å². The molecule has 0 spiro atoms. The van der Waals surface area contributed by atoms with Crippen molar-refractivity contribution in [2.75, 3.05) is 0 Å².